The van der Waals surface area contributed by atoms with Crippen LogP contribution in [0.4, 0.5) is 0 Å². The van der Waals surface area contributed by atoms with E-state index in [0.29, 0.717) is 19.4 Å². The van der Waals surface area contributed by atoms with Gasteiger partial charge in [0.15, 0.2) is 5.78 Å². The molecule has 4 heteroatoms. The Morgan fingerprint density at radius 2 is 2.12 bits per heavy atom. The summed E-state index contributed by atoms with van der Waals surface area (Å²) in [7, 11) is 0. The molecule has 1 unspecified atom stereocenters. The van der Waals surface area contributed by atoms with E-state index < -0.39 is 0 Å². The predicted molar refractivity (Wildman–Crippen MR) is 55.8 cm³/mol. The van der Waals surface area contributed by atoms with Crippen LogP contribution >= 0.6 is 0 Å². The molecule has 1 aromatic rings. The predicted octanol–water partition coefficient (Wildman–Crippen LogP) is 1.38. The normalized spacial score (nSPS) is 24.3. The molecular formula is C12H13NO3. The van der Waals surface area contributed by atoms with Gasteiger partial charge in [0.2, 0.25) is 5.91 Å². The number of rotatable bonds is 0. The Balaban J connectivity index is 2.09. The third-order valence-corrected chi connectivity index (χ3v) is 3.36. The molecule has 0 spiro atoms. The number of hydrogen-bond donors (Lipinski definition) is 0. The number of furan rings is 1. The fourth-order valence-corrected chi connectivity index (χ4v) is 2.65. The summed E-state index contributed by atoms with van der Waals surface area (Å²) in [4.78, 5) is 25.3. The van der Waals surface area contributed by atoms with Crippen molar-refractivity contribution in [1.29, 1.82) is 0 Å². The van der Waals surface area contributed by atoms with E-state index >= 15 is 0 Å². The molecule has 2 aliphatic rings. The monoisotopic (exact) mass is 219 g/mol. The number of nitrogens with zero attached hydrogens (tertiary/aromatic N) is 1. The molecule has 4 nitrogen and oxygen atoms in total. The van der Waals surface area contributed by atoms with Crippen LogP contribution in [0, 0.1) is 6.92 Å². The summed E-state index contributed by atoms with van der Waals surface area (Å²) in [5, 5.41) is 0. The molecule has 1 fully saturated rings. The Kier molecular flexibility index (Phi) is 1.93. The highest BCUT2D eigenvalue weighted by atomic mass is 16.3. The molecule has 0 N–H and O–H groups in total. The number of ketones is 1. The molecule has 3 heterocycles. The van der Waals surface area contributed by atoms with Gasteiger partial charge in [-0.1, -0.05) is 0 Å². The fraction of sp³-hybridized carbons (Fsp3) is 0.500. The van der Waals surface area contributed by atoms with Crippen LogP contribution in [0.1, 0.15) is 36.0 Å². The molecule has 0 bridgehead atoms. The summed E-state index contributed by atoms with van der Waals surface area (Å²) in [6.07, 6.45) is 1.45. The molecule has 0 aromatic carbocycles. The van der Waals surface area contributed by atoms with E-state index in [-0.39, 0.29) is 17.7 Å². The van der Waals surface area contributed by atoms with E-state index in [0.717, 1.165) is 23.5 Å². The molecule has 0 saturated carbocycles. The molecule has 1 amide bonds. The van der Waals surface area contributed by atoms with Gasteiger partial charge in [-0.2, -0.15) is 0 Å². The first-order valence-corrected chi connectivity index (χ1v) is 5.58. The summed E-state index contributed by atoms with van der Waals surface area (Å²) in [5.74, 6) is 1.93. The minimum absolute atomic E-state index is 0.0918. The lowest BCUT2D eigenvalue weighted by Crippen LogP contribution is -2.46. The smallest absolute Gasteiger partial charge is 0.223 e. The highest BCUT2D eigenvalue weighted by molar-refractivity contribution is 5.96. The number of carbonyl (C=O) groups excluding carboxylic acids is 2. The van der Waals surface area contributed by atoms with E-state index in [9.17, 15) is 9.59 Å². The second-order valence-electron chi connectivity index (χ2n) is 4.44. The highest BCUT2D eigenvalue weighted by Gasteiger charge is 2.40. The third-order valence-electron chi connectivity index (χ3n) is 3.36. The first-order chi connectivity index (χ1) is 7.66. The van der Waals surface area contributed by atoms with Crippen LogP contribution in [-0.4, -0.2) is 23.1 Å². The average Bonchev–Trinajstić information content (AvgIpc) is 2.63. The Morgan fingerprint density at radius 3 is 2.94 bits per heavy atom. The fourth-order valence-electron chi connectivity index (χ4n) is 2.65. The highest BCUT2D eigenvalue weighted by Crippen LogP contribution is 2.36. The number of aryl methyl sites for hydroxylation is 1. The van der Waals surface area contributed by atoms with Crippen molar-refractivity contribution in [2.45, 2.75) is 32.2 Å². The topological polar surface area (TPSA) is 50.5 Å². The zero-order valence-electron chi connectivity index (χ0n) is 9.16. The van der Waals surface area contributed by atoms with E-state index in [1.807, 2.05) is 13.0 Å². The zero-order valence-corrected chi connectivity index (χ0v) is 9.16. The summed E-state index contributed by atoms with van der Waals surface area (Å²) < 4.78 is 5.55. The molecule has 1 atom stereocenters. The molecule has 1 aromatic heterocycles. The second-order valence-corrected chi connectivity index (χ2v) is 4.44. The summed E-state index contributed by atoms with van der Waals surface area (Å²) >= 11 is 0. The van der Waals surface area contributed by atoms with Gasteiger partial charge in [-0.05, 0) is 13.0 Å². The van der Waals surface area contributed by atoms with Crippen molar-refractivity contribution in [2.75, 3.05) is 6.54 Å². The maximum atomic E-state index is 11.9. The van der Waals surface area contributed by atoms with Gasteiger partial charge in [-0.15, -0.1) is 0 Å². The van der Waals surface area contributed by atoms with Gasteiger partial charge >= 0.3 is 0 Å². The Morgan fingerprint density at radius 1 is 1.31 bits per heavy atom. The van der Waals surface area contributed by atoms with Gasteiger partial charge in [-0.25, -0.2) is 0 Å². The molecule has 0 radical (unpaired) electrons. The standard InChI is InChI=1S/C12H13NO3/c1-7-6-8-10(16-7)4-5-13-11(15)3-2-9(14)12(8)13/h6,12H,2-5H2,1H3. The number of Topliss-reactive ketones (excluding diaryl/α,β-unsaturated/α-hetero) is 1. The minimum Gasteiger partial charge on any atom is -0.466 e. The SMILES string of the molecule is Cc1cc2c(o1)CCN1C(=O)CCC(=O)C21. The Labute approximate surface area is 93.2 Å². The number of fused-ring (bicyclic) bond motifs is 3. The maximum Gasteiger partial charge on any atom is 0.223 e. The van der Waals surface area contributed by atoms with Crippen molar-refractivity contribution in [2.24, 2.45) is 0 Å². The first-order valence-electron chi connectivity index (χ1n) is 5.58. The largest absolute Gasteiger partial charge is 0.466 e. The van der Waals surface area contributed by atoms with Gasteiger partial charge in [0.05, 0.1) is 0 Å². The van der Waals surface area contributed by atoms with Gasteiger partial charge in [0, 0.05) is 31.4 Å². The van der Waals surface area contributed by atoms with Crippen LogP contribution in [0.3, 0.4) is 0 Å². The van der Waals surface area contributed by atoms with E-state index in [2.05, 4.69) is 0 Å². The van der Waals surface area contributed by atoms with Crippen molar-refractivity contribution in [3.63, 3.8) is 0 Å². The molecule has 1 saturated heterocycles. The Bertz CT molecular complexity index is 475. The van der Waals surface area contributed by atoms with Crippen LogP contribution in [0.15, 0.2) is 10.5 Å². The van der Waals surface area contributed by atoms with E-state index in [1.54, 1.807) is 4.90 Å². The van der Waals surface area contributed by atoms with Crippen molar-refractivity contribution < 1.29 is 14.0 Å². The third kappa shape index (κ3) is 1.22. The lowest BCUT2D eigenvalue weighted by Gasteiger charge is -2.37. The van der Waals surface area contributed by atoms with Gasteiger partial charge < -0.3 is 9.32 Å². The number of piperidine rings is 1. The van der Waals surface area contributed by atoms with E-state index in [4.69, 9.17) is 4.42 Å². The quantitative estimate of drug-likeness (QED) is 0.662. The second kappa shape index (κ2) is 3.20. The van der Waals surface area contributed by atoms with Crippen LogP contribution in [0.25, 0.3) is 0 Å². The summed E-state index contributed by atoms with van der Waals surface area (Å²) in [6, 6.07) is 1.52. The van der Waals surface area contributed by atoms with Gasteiger partial charge in [0.1, 0.15) is 17.6 Å². The van der Waals surface area contributed by atoms with Crippen LogP contribution in [0.5, 0.6) is 0 Å². The Hall–Kier alpha value is -1.58. The number of hydrogen-bond acceptors (Lipinski definition) is 3. The average molecular weight is 219 g/mol. The van der Waals surface area contributed by atoms with Crippen LogP contribution in [0.2, 0.25) is 0 Å². The molecule has 16 heavy (non-hydrogen) atoms. The maximum absolute atomic E-state index is 11.9. The van der Waals surface area contributed by atoms with Crippen molar-refractivity contribution in [3.8, 4) is 0 Å². The van der Waals surface area contributed by atoms with Crippen LogP contribution in [-0.2, 0) is 16.0 Å². The lowest BCUT2D eigenvalue weighted by molar-refractivity contribution is -0.146. The first kappa shape index (κ1) is 9.63. The minimum atomic E-state index is -0.373. The zero-order chi connectivity index (χ0) is 11.3. The summed E-state index contributed by atoms with van der Waals surface area (Å²) in [6.45, 7) is 2.48. The van der Waals surface area contributed by atoms with Crippen molar-refractivity contribution >= 4 is 11.7 Å². The van der Waals surface area contributed by atoms with Gasteiger partial charge in [-0.3, -0.25) is 9.59 Å². The molecular weight excluding hydrogens is 206 g/mol. The van der Waals surface area contributed by atoms with Gasteiger partial charge in [0.25, 0.3) is 0 Å². The van der Waals surface area contributed by atoms with Crippen LogP contribution < -0.4 is 0 Å². The molecule has 84 valence electrons. The molecule has 3 rings (SSSR count). The van der Waals surface area contributed by atoms with Crippen molar-refractivity contribution in [3.05, 3.63) is 23.2 Å². The van der Waals surface area contributed by atoms with Crippen molar-refractivity contribution in [1.82, 2.24) is 4.90 Å². The van der Waals surface area contributed by atoms with E-state index in [1.165, 1.54) is 0 Å². The summed E-state index contributed by atoms with van der Waals surface area (Å²) in [5.41, 5.74) is 0.904. The number of amides is 1. The number of carbonyl (C=O) groups is 2. The molecule has 2 aliphatic heterocycles. The lowest BCUT2D eigenvalue weighted by atomic mass is 9.89. The molecule has 0 aliphatic carbocycles.